The summed E-state index contributed by atoms with van der Waals surface area (Å²) < 4.78 is 7.08. The Morgan fingerprint density at radius 1 is 1.38 bits per heavy atom. The summed E-state index contributed by atoms with van der Waals surface area (Å²) in [4.78, 5) is 11.3. The molecule has 1 aromatic heterocycles. The number of nitrogens with zero attached hydrogens (tertiary/aromatic N) is 1. The summed E-state index contributed by atoms with van der Waals surface area (Å²) in [6.07, 6.45) is 0. The number of methoxy groups -OCH3 is 1. The summed E-state index contributed by atoms with van der Waals surface area (Å²) in [5, 5.41) is 2.75. The predicted molar refractivity (Wildman–Crippen MR) is 62.7 cm³/mol. The van der Waals surface area contributed by atoms with Gasteiger partial charge in [-0.2, -0.15) is 0 Å². The van der Waals surface area contributed by atoms with Crippen LogP contribution in [-0.4, -0.2) is 16.9 Å². The third-order valence-corrected chi connectivity index (χ3v) is 2.50. The minimum Gasteiger partial charge on any atom is -0.496 e. The van der Waals surface area contributed by atoms with Gasteiger partial charge in [-0.15, -0.1) is 0 Å². The standard InChI is InChI=1S/C12H14N2O2/c1-3-14-10(8-12(15)13-14)9-6-4-5-7-11(9)16-2/h4-8H,3H2,1-2H3,(H,13,15). The van der Waals surface area contributed by atoms with Gasteiger partial charge in [-0.05, 0) is 19.1 Å². The van der Waals surface area contributed by atoms with E-state index in [1.807, 2.05) is 31.2 Å². The molecule has 0 spiro atoms. The highest BCUT2D eigenvalue weighted by Gasteiger charge is 2.10. The number of aromatic amines is 1. The zero-order chi connectivity index (χ0) is 11.5. The monoisotopic (exact) mass is 218 g/mol. The molecule has 0 saturated heterocycles. The number of para-hydroxylation sites is 1. The Bertz CT molecular complexity index is 540. The quantitative estimate of drug-likeness (QED) is 0.854. The molecule has 0 unspecified atom stereocenters. The Balaban J connectivity index is 2.61. The molecule has 4 heteroatoms. The first-order valence-electron chi connectivity index (χ1n) is 5.19. The number of aromatic nitrogens is 2. The smallest absolute Gasteiger partial charge is 0.264 e. The van der Waals surface area contributed by atoms with E-state index in [1.165, 1.54) is 0 Å². The zero-order valence-electron chi connectivity index (χ0n) is 9.36. The van der Waals surface area contributed by atoms with Gasteiger partial charge in [0.1, 0.15) is 5.75 Å². The van der Waals surface area contributed by atoms with Crippen molar-refractivity contribution in [1.29, 1.82) is 0 Å². The maximum Gasteiger partial charge on any atom is 0.264 e. The van der Waals surface area contributed by atoms with Crippen LogP contribution in [-0.2, 0) is 6.54 Å². The topological polar surface area (TPSA) is 47.0 Å². The van der Waals surface area contributed by atoms with Crippen molar-refractivity contribution in [2.75, 3.05) is 7.11 Å². The van der Waals surface area contributed by atoms with Crippen molar-refractivity contribution in [3.05, 3.63) is 40.7 Å². The van der Waals surface area contributed by atoms with Crippen LogP contribution < -0.4 is 10.3 Å². The van der Waals surface area contributed by atoms with Crippen LogP contribution in [0.5, 0.6) is 5.75 Å². The lowest BCUT2D eigenvalue weighted by Gasteiger charge is -2.09. The molecule has 16 heavy (non-hydrogen) atoms. The van der Waals surface area contributed by atoms with Crippen molar-refractivity contribution in [3.63, 3.8) is 0 Å². The van der Waals surface area contributed by atoms with E-state index in [9.17, 15) is 4.79 Å². The summed E-state index contributed by atoms with van der Waals surface area (Å²) in [5.41, 5.74) is 1.68. The number of ether oxygens (including phenoxy) is 1. The van der Waals surface area contributed by atoms with Gasteiger partial charge in [-0.25, -0.2) is 0 Å². The largest absolute Gasteiger partial charge is 0.496 e. The van der Waals surface area contributed by atoms with Crippen LogP contribution in [0.2, 0.25) is 0 Å². The van der Waals surface area contributed by atoms with E-state index < -0.39 is 0 Å². The number of hydrogen-bond acceptors (Lipinski definition) is 2. The summed E-state index contributed by atoms with van der Waals surface area (Å²) in [6.45, 7) is 2.70. The van der Waals surface area contributed by atoms with E-state index in [4.69, 9.17) is 4.74 Å². The van der Waals surface area contributed by atoms with E-state index in [0.717, 1.165) is 23.6 Å². The highest BCUT2D eigenvalue weighted by molar-refractivity contribution is 5.67. The third kappa shape index (κ3) is 1.74. The average molecular weight is 218 g/mol. The molecule has 0 bridgehead atoms. The number of benzene rings is 1. The summed E-state index contributed by atoms with van der Waals surface area (Å²) in [5.74, 6) is 0.767. The van der Waals surface area contributed by atoms with Crippen molar-refractivity contribution in [1.82, 2.24) is 9.78 Å². The third-order valence-electron chi connectivity index (χ3n) is 2.50. The molecule has 2 rings (SSSR count). The molecule has 4 nitrogen and oxygen atoms in total. The lowest BCUT2D eigenvalue weighted by Crippen LogP contribution is -2.04. The number of rotatable bonds is 3. The van der Waals surface area contributed by atoms with Crippen LogP contribution >= 0.6 is 0 Å². The van der Waals surface area contributed by atoms with Gasteiger partial charge in [0, 0.05) is 18.2 Å². The van der Waals surface area contributed by atoms with Gasteiger partial charge in [-0.3, -0.25) is 14.6 Å². The van der Waals surface area contributed by atoms with Gasteiger partial charge < -0.3 is 4.74 Å². The zero-order valence-corrected chi connectivity index (χ0v) is 9.36. The normalized spacial score (nSPS) is 10.4. The van der Waals surface area contributed by atoms with Gasteiger partial charge in [0.15, 0.2) is 0 Å². The molecule has 0 fully saturated rings. The van der Waals surface area contributed by atoms with Crippen molar-refractivity contribution < 1.29 is 4.74 Å². The van der Waals surface area contributed by atoms with E-state index in [2.05, 4.69) is 5.10 Å². The first-order chi connectivity index (χ1) is 7.76. The predicted octanol–water partition coefficient (Wildman–Crippen LogP) is 1.87. The molecular weight excluding hydrogens is 204 g/mol. The number of nitrogens with one attached hydrogen (secondary N) is 1. The molecule has 0 radical (unpaired) electrons. The number of hydrogen-bond donors (Lipinski definition) is 1. The second-order valence-corrected chi connectivity index (χ2v) is 3.45. The molecule has 0 atom stereocenters. The molecule has 1 aromatic carbocycles. The van der Waals surface area contributed by atoms with Crippen LogP contribution in [0, 0.1) is 0 Å². The van der Waals surface area contributed by atoms with Crippen LogP contribution in [0.15, 0.2) is 35.1 Å². The lowest BCUT2D eigenvalue weighted by atomic mass is 10.1. The Kier molecular flexibility index (Phi) is 2.81. The van der Waals surface area contributed by atoms with Crippen molar-refractivity contribution in [2.45, 2.75) is 13.5 Å². The van der Waals surface area contributed by atoms with E-state index in [0.29, 0.717) is 0 Å². The van der Waals surface area contributed by atoms with Crippen LogP contribution in [0.4, 0.5) is 0 Å². The Labute approximate surface area is 93.5 Å². The Hall–Kier alpha value is -1.97. The number of H-pyrrole nitrogens is 1. The van der Waals surface area contributed by atoms with Crippen LogP contribution in [0.3, 0.4) is 0 Å². The number of aryl methyl sites for hydroxylation is 1. The molecule has 0 aliphatic carbocycles. The lowest BCUT2D eigenvalue weighted by molar-refractivity contribution is 0.416. The average Bonchev–Trinajstić information content (AvgIpc) is 2.70. The van der Waals surface area contributed by atoms with Crippen molar-refractivity contribution >= 4 is 0 Å². The SMILES string of the molecule is CCn1[nH]c(=O)cc1-c1ccccc1OC. The maximum absolute atomic E-state index is 11.3. The molecule has 1 N–H and O–H groups in total. The minimum absolute atomic E-state index is 0.0947. The first kappa shape index (κ1) is 10.5. The van der Waals surface area contributed by atoms with E-state index in [-0.39, 0.29) is 5.56 Å². The molecule has 0 aliphatic heterocycles. The minimum atomic E-state index is -0.0947. The van der Waals surface area contributed by atoms with Gasteiger partial charge >= 0.3 is 0 Å². The highest BCUT2D eigenvalue weighted by Crippen LogP contribution is 2.28. The molecule has 0 saturated carbocycles. The van der Waals surface area contributed by atoms with Crippen molar-refractivity contribution in [2.24, 2.45) is 0 Å². The fourth-order valence-corrected chi connectivity index (χ4v) is 1.76. The second-order valence-electron chi connectivity index (χ2n) is 3.45. The molecule has 0 amide bonds. The molecular formula is C12H14N2O2. The second kappa shape index (κ2) is 4.26. The highest BCUT2D eigenvalue weighted by atomic mass is 16.5. The van der Waals surface area contributed by atoms with Crippen LogP contribution in [0.1, 0.15) is 6.92 Å². The summed E-state index contributed by atoms with van der Waals surface area (Å²) in [7, 11) is 1.62. The van der Waals surface area contributed by atoms with Gasteiger partial charge in [0.05, 0.1) is 12.8 Å². The summed E-state index contributed by atoms with van der Waals surface area (Å²) in [6, 6.07) is 9.24. The summed E-state index contributed by atoms with van der Waals surface area (Å²) >= 11 is 0. The molecule has 0 aliphatic rings. The fraction of sp³-hybridized carbons (Fsp3) is 0.250. The fourth-order valence-electron chi connectivity index (χ4n) is 1.76. The van der Waals surface area contributed by atoms with E-state index >= 15 is 0 Å². The molecule has 84 valence electrons. The van der Waals surface area contributed by atoms with Crippen LogP contribution in [0.25, 0.3) is 11.3 Å². The first-order valence-corrected chi connectivity index (χ1v) is 5.19. The van der Waals surface area contributed by atoms with E-state index in [1.54, 1.807) is 17.9 Å². The van der Waals surface area contributed by atoms with Crippen molar-refractivity contribution in [3.8, 4) is 17.0 Å². The molecule has 2 aromatic rings. The Morgan fingerprint density at radius 3 is 2.81 bits per heavy atom. The Morgan fingerprint density at radius 2 is 2.12 bits per heavy atom. The van der Waals surface area contributed by atoms with Gasteiger partial charge in [0.25, 0.3) is 5.56 Å². The maximum atomic E-state index is 11.3. The molecule has 1 heterocycles. The van der Waals surface area contributed by atoms with Gasteiger partial charge in [0.2, 0.25) is 0 Å². The van der Waals surface area contributed by atoms with Gasteiger partial charge in [-0.1, -0.05) is 12.1 Å².